The third-order valence-corrected chi connectivity index (χ3v) is 3.17. The van der Waals surface area contributed by atoms with Crippen LogP contribution in [0.15, 0.2) is 12.5 Å². The van der Waals surface area contributed by atoms with Crippen LogP contribution in [0.5, 0.6) is 0 Å². The Morgan fingerprint density at radius 2 is 2.20 bits per heavy atom. The molecule has 0 bridgehead atoms. The van der Waals surface area contributed by atoms with Crippen molar-refractivity contribution in [2.24, 2.45) is 5.92 Å². The smallest absolute Gasteiger partial charge is 0.180 e. The summed E-state index contributed by atoms with van der Waals surface area (Å²) in [5.41, 5.74) is 1.74. The van der Waals surface area contributed by atoms with Crippen LogP contribution in [0.25, 0.3) is 11.2 Å². The molecule has 2 heterocycles. The number of hydrogen-bond donors (Lipinski definition) is 1. The van der Waals surface area contributed by atoms with E-state index in [-0.39, 0.29) is 0 Å². The lowest BCUT2D eigenvalue weighted by Gasteiger charge is -2.04. The summed E-state index contributed by atoms with van der Waals surface area (Å²) in [6.07, 6.45) is 9.85. The zero-order valence-corrected chi connectivity index (χ0v) is 8.61. The molecule has 15 heavy (non-hydrogen) atoms. The monoisotopic (exact) mass is 202 g/mol. The maximum absolute atomic E-state index is 4.47. The van der Waals surface area contributed by atoms with Crippen LogP contribution in [0.3, 0.4) is 0 Å². The molecule has 0 spiro atoms. The van der Waals surface area contributed by atoms with E-state index in [0.717, 1.165) is 29.3 Å². The number of rotatable bonds is 2. The minimum absolute atomic E-state index is 0.790. The Bertz CT molecular complexity index is 423. The molecular weight excluding hydrogens is 188 g/mol. The number of hydrogen-bond acceptors (Lipinski definition) is 3. The predicted molar refractivity (Wildman–Crippen MR) is 57.3 cm³/mol. The highest BCUT2D eigenvalue weighted by atomic mass is 15.0. The van der Waals surface area contributed by atoms with Gasteiger partial charge in [-0.15, -0.1) is 0 Å². The summed E-state index contributed by atoms with van der Waals surface area (Å²) >= 11 is 0. The topological polar surface area (TPSA) is 54.5 Å². The van der Waals surface area contributed by atoms with E-state index >= 15 is 0 Å². The molecule has 0 atom stereocenters. The molecule has 2 aromatic heterocycles. The fourth-order valence-electron chi connectivity index (χ4n) is 2.40. The minimum Gasteiger partial charge on any atom is -0.339 e. The molecule has 1 N–H and O–H groups in total. The van der Waals surface area contributed by atoms with Gasteiger partial charge in [0.15, 0.2) is 5.65 Å². The molecule has 4 nitrogen and oxygen atoms in total. The van der Waals surface area contributed by atoms with Crippen LogP contribution in [0.4, 0.5) is 0 Å². The molecular formula is C11H14N4. The van der Waals surface area contributed by atoms with E-state index in [1.54, 1.807) is 12.5 Å². The Balaban J connectivity index is 1.84. The molecule has 0 amide bonds. The van der Waals surface area contributed by atoms with Crippen molar-refractivity contribution in [3.05, 3.63) is 18.3 Å². The Kier molecular flexibility index (Phi) is 2.12. The fraction of sp³-hybridized carbons (Fsp3) is 0.545. The molecule has 0 aromatic carbocycles. The molecule has 3 rings (SSSR count). The van der Waals surface area contributed by atoms with E-state index in [4.69, 9.17) is 0 Å². The molecule has 1 fully saturated rings. The first-order valence-electron chi connectivity index (χ1n) is 5.56. The second kappa shape index (κ2) is 3.61. The number of H-pyrrole nitrogens is 1. The molecule has 78 valence electrons. The summed E-state index contributed by atoms with van der Waals surface area (Å²) in [5.74, 6) is 1.89. The zero-order chi connectivity index (χ0) is 10.1. The van der Waals surface area contributed by atoms with Gasteiger partial charge in [0.05, 0.1) is 6.20 Å². The first kappa shape index (κ1) is 8.83. The Labute approximate surface area is 88.2 Å². The van der Waals surface area contributed by atoms with Crippen LogP contribution in [0.1, 0.15) is 31.5 Å². The largest absolute Gasteiger partial charge is 0.339 e. The van der Waals surface area contributed by atoms with Crippen molar-refractivity contribution < 1.29 is 0 Å². The summed E-state index contributed by atoms with van der Waals surface area (Å²) in [6.45, 7) is 0. The summed E-state index contributed by atoms with van der Waals surface area (Å²) in [6, 6.07) is 0. The number of aromatic nitrogens is 4. The highest BCUT2D eigenvalue weighted by Crippen LogP contribution is 2.27. The molecule has 1 saturated carbocycles. The van der Waals surface area contributed by atoms with Crippen molar-refractivity contribution in [2.75, 3.05) is 0 Å². The summed E-state index contributed by atoms with van der Waals surface area (Å²) < 4.78 is 0. The van der Waals surface area contributed by atoms with Crippen LogP contribution in [0, 0.1) is 5.92 Å². The van der Waals surface area contributed by atoms with Crippen LogP contribution in [-0.2, 0) is 6.42 Å². The fourth-order valence-corrected chi connectivity index (χ4v) is 2.40. The number of fused-ring (bicyclic) bond motifs is 1. The molecule has 4 heteroatoms. The molecule has 0 aliphatic heterocycles. The normalized spacial score (nSPS) is 17.6. The van der Waals surface area contributed by atoms with Gasteiger partial charge in [-0.3, -0.25) is 0 Å². The van der Waals surface area contributed by atoms with E-state index < -0.39 is 0 Å². The lowest BCUT2D eigenvalue weighted by molar-refractivity contribution is 0.534. The number of imidazole rings is 1. The average Bonchev–Trinajstić information content (AvgIpc) is 2.86. The van der Waals surface area contributed by atoms with Gasteiger partial charge in [0, 0.05) is 6.42 Å². The van der Waals surface area contributed by atoms with Crippen molar-refractivity contribution in [3.63, 3.8) is 0 Å². The molecule has 1 aliphatic rings. The number of nitrogens with one attached hydrogen (secondary N) is 1. The van der Waals surface area contributed by atoms with Gasteiger partial charge < -0.3 is 4.98 Å². The van der Waals surface area contributed by atoms with Gasteiger partial charge in [0.2, 0.25) is 0 Å². The third-order valence-electron chi connectivity index (χ3n) is 3.17. The summed E-state index contributed by atoms with van der Waals surface area (Å²) in [5, 5.41) is 0. The molecule has 1 aliphatic carbocycles. The van der Waals surface area contributed by atoms with Crippen molar-refractivity contribution in [2.45, 2.75) is 32.1 Å². The van der Waals surface area contributed by atoms with E-state index in [2.05, 4.69) is 19.9 Å². The Morgan fingerprint density at radius 1 is 1.33 bits per heavy atom. The second-order valence-corrected chi connectivity index (χ2v) is 4.30. The minimum atomic E-state index is 0.790. The number of aromatic amines is 1. The van der Waals surface area contributed by atoms with E-state index in [0.29, 0.717) is 0 Å². The first-order valence-corrected chi connectivity index (χ1v) is 5.56. The third kappa shape index (κ3) is 1.71. The van der Waals surface area contributed by atoms with Gasteiger partial charge in [-0.2, -0.15) is 0 Å². The van der Waals surface area contributed by atoms with Crippen molar-refractivity contribution in [1.82, 2.24) is 19.9 Å². The lowest BCUT2D eigenvalue weighted by atomic mass is 10.0. The van der Waals surface area contributed by atoms with Crippen LogP contribution < -0.4 is 0 Å². The van der Waals surface area contributed by atoms with Gasteiger partial charge >= 0.3 is 0 Å². The highest BCUT2D eigenvalue weighted by Gasteiger charge is 2.17. The van der Waals surface area contributed by atoms with Crippen molar-refractivity contribution in [3.8, 4) is 0 Å². The van der Waals surface area contributed by atoms with E-state index in [9.17, 15) is 0 Å². The van der Waals surface area contributed by atoms with Gasteiger partial charge in [0.1, 0.15) is 17.7 Å². The summed E-state index contributed by atoms with van der Waals surface area (Å²) in [7, 11) is 0. The molecule has 0 radical (unpaired) electrons. The second-order valence-electron chi connectivity index (χ2n) is 4.30. The predicted octanol–water partition coefficient (Wildman–Crippen LogP) is 2.09. The van der Waals surface area contributed by atoms with Crippen molar-refractivity contribution >= 4 is 11.2 Å². The first-order chi connectivity index (χ1) is 7.42. The maximum atomic E-state index is 4.47. The van der Waals surface area contributed by atoms with Crippen LogP contribution >= 0.6 is 0 Å². The standard InChI is InChI=1S/C11H14N4/c1-2-4-8(3-1)5-10-14-9-6-12-7-13-11(9)15-10/h6-8H,1-5H2,(H,12,13,14,15). The highest BCUT2D eigenvalue weighted by molar-refractivity contribution is 5.68. The Hall–Kier alpha value is -1.45. The SMILES string of the molecule is c1ncc2[nH]c(CC3CCCC3)nc2n1. The number of nitrogens with zero attached hydrogens (tertiary/aromatic N) is 3. The van der Waals surface area contributed by atoms with Gasteiger partial charge in [-0.25, -0.2) is 15.0 Å². The van der Waals surface area contributed by atoms with Crippen molar-refractivity contribution in [1.29, 1.82) is 0 Å². The quantitative estimate of drug-likeness (QED) is 0.811. The molecule has 0 unspecified atom stereocenters. The zero-order valence-electron chi connectivity index (χ0n) is 8.61. The Morgan fingerprint density at radius 3 is 3.00 bits per heavy atom. The van der Waals surface area contributed by atoms with Gasteiger partial charge in [0.25, 0.3) is 0 Å². The average molecular weight is 202 g/mol. The molecule has 2 aromatic rings. The van der Waals surface area contributed by atoms with E-state index in [1.807, 2.05) is 0 Å². The molecule has 0 saturated heterocycles. The lowest BCUT2D eigenvalue weighted by Crippen LogP contribution is -2.00. The van der Waals surface area contributed by atoms with Crippen LogP contribution in [-0.4, -0.2) is 19.9 Å². The van der Waals surface area contributed by atoms with Gasteiger partial charge in [-0.05, 0) is 5.92 Å². The summed E-state index contributed by atoms with van der Waals surface area (Å²) in [4.78, 5) is 15.9. The van der Waals surface area contributed by atoms with E-state index in [1.165, 1.54) is 25.7 Å². The van der Waals surface area contributed by atoms with Gasteiger partial charge in [-0.1, -0.05) is 25.7 Å². The maximum Gasteiger partial charge on any atom is 0.180 e. The van der Waals surface area contributed by atoms with Crippen LogP contribution in [0.2, 0.25) is 0 Å².